The molecule has 0 aromatic heterocycles. The minimum atomic E-state index is 0.155. The van der Waals surface area contributed by atoms with Gasteiger partial charge in [0, 0.05) is 50.3 Å². The van der Waals surface area contributed by atoms with Crippen LogP contribution in [0.3, 0.4) is 0 Å². The molecule has 1 aliphatic rings. The van der Waals surface area contributed by atoms with Crippen molar-refractivity contribution in [3.63, 3.8) is 0 Å². The van der Waals surface area contributed by atoms with Crippen molar-refractivity contribution in [3.8, 4) is 0 Å². The lowest BCUT2D eigenvalue weighted by Crippen LogP contribution is -2.45. The summed E-state index contributed by atoms with van der Waals surface area (Å²) < 4.78 is 25.8. The molecule has 0 spiro atoms. The van der Waals surface area contributed by atoms with Crippen molar-refractivity contribution in [2.75, 3.05) is 94.0 Å². The highest BCUT2D eigenvalue weighted by atomic mass is 16.5. The van der Waals surface area contributed by atoms with Gasteiger partial charge in [-0.25, -0.2) is 0 Å². The minimum absolute atomic E-state index is 0.155. The van der Waals surface area contributed by atoms with E-state index in [-0.39, 0.29) is 12.2 Å². The van der Waals surface area contributed by atoms with Gasteiger partial charge in [-0.2, -0.15) is 0 Å². The first-order valence-electron chi connectivity index (χ1n) is 18.8. The van der Waals surface area contributed by atoms with E-state index >= 15 is 0 Å². The third kappa shape index (κ3) is 19.6. The third-order valence-electron chi connectivity index (χ3n) is 9.50. The quantitative estimate of drug-likeness (QED) is 0.305. The lowest BCUT2D eigenvalue weighted by Gasteiger charge is -2.35. The monoisotopic (exact) mass is 657 g/mol. The number of rotatable bonds is 8. The molecule has 6 atom stereocenters. The molecule has 0 aromatic rings. The fourth-order valence-corrected chi connectivity index (χ4v) is 6.66. The van der Waals surface area contributed by atoms with Crippen molar-refractivity contribution in [2.45, 2.75) is 131 Å². The molecule has 8 heteroatoms. The molecule has 8 nitrogen and oxygen atoms in total. The molecular weight excluding hydrogens is 576 g/mol. The molecule has 0 saturated carbocycles. The minimum Gasteiger partial charge on any atom is -0.378 e. The number of nitrogens with zero attached hydrogens (tertiary/aromatic N) is 4. The largest absolute Gasteiger partial charge is 0.378 e. The summed E-state index contributed by atoms with van der Waals surface area (Å²) in [6, 6.07) is 1.50. The normalized spacial score (nSPS) is 30.4. The van der Waals surface area contributed by atoms with E-state index < -0.39 is 0 Å². The van der Waals surface area contributed by atoms with Crippen molar-refractivity contribution in [2.24, 2.45) is 23.7 Å². The van der Waals surface area contributed by atoms with Crippen LogP contribution >= 0.6 is 0 Å². The van der Waals surface area contributed by atoms with Crippen LogP contribution < -0.4 is 0 Å². The van der Waals surface area contributed by atoms with Gasteiger partial charge in [0.25, 0.3) is 0 Å². The van der Waals surface area contributed by atoms with Crippen molar-refractivity contribution >= 4 is 0 Å². The highest BCUT2D eigenvalue weighted by Gasteiger charge is 2.24. The van der Waals surface area contributed by atoms with Gasteiger partial charge in [-0.15, -0.1) is 0 Å². The van der Waals surface area contributed by atoms with Crippen LogP contribution in [0.4, 0.5) is 0 Å². The number of likely N-dealkylation sites (N-methyl/N-ethyl adjacent to an activating group) is 4. The van der Waals surface area contributed by atoms with Gasteiger partial charge in [0.2, 0.25) is 0 Å². The first-order chi connectivity index (χ1) is 21.6. The smallest absolute Gasteiger partial charge is 0.0674 e. The Labute approximate surface area is 287 Å². The standard InChI is InChI=1S/C38H80N4O4/c1-29(2)19-35-25-43-17-15-39(11)38(22-32(7)8)28-46-34(10)24-42(14)36(20-30(3)4)26-44-18-16-40(12)37(21-31(5)6)27-45-33(9)23-41(35)13/h29-38H,15-28H2,1-14H3. The molecule has 1 aliphatic heterocycles. The summed E-state index contributed by atoms with van der Waals surface area (Å²) in [5, 5.41) is 0. The summed E-state index contributed by atoms with van der Waals surface area (Å²) in [4.78, 5) is 9.82. The molecule has 6 unspecified atom stereocenters. The molecule has 0 N–H and O–H groups in total. The van der Waals surface area contributed by atoms with Crippen LogP contribution in [0.25, 0.3) is 0 Å². The topological polar surface area (TPSA) is 49.9 Å². The Morgan fingerprint density at radius 3 is 1.02 bits per heavy atom. The van der Waals surface area contributed by atoms with E-state index in [2.05, 4.69) is 117 Å². The number of hydrogen-bond donors (Lipinski definition) is 0. The van der Waals surface area contributed by atoms with Crippen LogP contribution in [0, 0.1) is 23.7 Å². The Bertz CT molecular complexity index is 663. The van der Waals surface area contributed by atoms with E-state index in [1.165, 1.54) is 0 Å². The van der Waals surface area contributed by atoms with E-state index in [1.54, 1.807) is 0 Å². The zero-order valence-electron chi connectivity index (χ0n) is 33.1. The van der Waals surface area contributed by atoms with Crippen LogP contribution in [0.2, 0.25) is 0 Å². The van der Waals surface area contributed by atoms with E-state index in [9.17, 15) is 0 Å². The molecule has 1 rings (SSSR count). The van der Waals surface area contributed by atoms with Gasteiger partial charge in [0.1, 0.15) is 0 Å². The van der Waals surface area contributed by atoms with Crippen LogP contribution in [-0.2, 0) is 18.9 Å². The van der Waals surface area contributed by atoms with Crippen molar-refractivity contribution in [1.29, 1.82) is 0 Å². The molecule has 0 bridgehead atoms. The van der Waals surface area contributed by atoms with Crippen LogP contribution in [0.1, 0.15) is 94.9 Å². The Balaban J connectivity index is 3.10. The molecule has 1 heterocycles. The van der Waals surface area contributed by atoms with E-state index in [0.29, 0.717) is 47.8 Å². The van der Waals surface area contributed by atoms with E-state index in [0.717, 1.165) is 91.5 Å². The average Bonchev–Trinajstić information content (AvgIpc) is 2.94. The van der Waals surface area contributed by atoms with Gasteiger partial charge in [-0.05, 0) is 91.4 Å². The maximum atomic E-state index is 6.54. The van der Waals surface area contributed by atoms with Crippen molar-refractivity contribution < 1.29 is 18.9 Å². The first-order valence-corrected chi connectivity index (χ1v) is 18.8. The van der Waals surface area contributed by atoms with Crippen molar-refractivity contribution in [3.05, 3.63) is 0 Å². The molecule has 0 amide bonds. The van der Waals surface area contributed by atoms with Crippen LogP contribution in [0.5, 0.6) is 0 Å². The third-order valence-corrected chi connectivity index (χ3v) is 9.50. The summed E-state index contributed by atoms with van der Waals surface area (Å²) >= 11 is 0. The first kappa shape index (κ1) is 43.7. The van der Waals surface area contributed by atoms with E-state index in [4.69, 9.17) is 18.9 Å². The van der Waals surface area contributed by atoms with Crippen LogP contribution in [-0.4, -0.2) is 150 Å². The van der Waals surface area contributed by atoms with Crippen molar-refractivity contribution in [1.82, 2.24) is 19.6 Å². The molecule has 46 heavy (non-hydrogen) atoms. The Hall–Kier alpha value is -0.320. The second-order valence-electron chi connectivity index (χ2n) is 16.4. The van der Waals surface area contributed by atoms with Gasteiger partial charge in [-0.1, -0.05) is 55.4 Å². The predicted molar refractivity (Wildman–Crippen MR) is 196 cm³/mol. The second kappa shape index (κ2) is 23.9. The predicted octanol–water partition coefficient (Wildman–Crippen LogP) is 6.23. The Kier molecular flexibility index (Phi) is 22.7. The molecule has 0 aliphatic carbocycles. The summed E-state index contributed by atoms with van der Waals surface area (Å²) in [7, 11) is 8.94. The maximum absolute atomic E-state index is 6.54. The maximum Gasteiger partial charge on any atom is 0.0674 e. The molecule has 1 fully saturated rings. The zero-order valence-corrected chi connectivity index (χ0v) is 33.1. The van der Waals surface area contributed by atoms with E-state index in [1.807, 2.05) is 0 Å². The van der Waals surface area contributed by atoms with Gasteiger partial charge in [-0.3, -0.25) is 19.6 Å². The summed E-state index contributed by atoms with van der Waals surface area (Å²) in [6.45, 7) is 31.0. The molecule has 1 saturated heterocycles. The SMILES string of the molecule is CC(C)CC1COC(C)CN(C)C(CC(C)C)COCCN(C)C(CC(C)C)COC(C)CN(C)C(CC(C)C)COCCN1C. The molecule has 0 radical (unpaired) electrons. The number of hydrogen-bond acceptors (Lipinski definition) is 8. The lowest BCUT2D eigenvalue weighted by atomic mass is 10.0. The lowest BCUT2D eigenvalue weighted by molar-refractivity contribution is -0.0303. The highest BCUT2D eigenvalue weighted by Crippen LogP contribution is 2.17. The molecule has 0 aromatic carbocycles. The fraction of sp³-hybridized carbons (Fsp3) is 1.00. The van der Waals surface area contributed by atoms with Gasteiger partial charge >= 0.3 is 0 Å². The summed E-state index contributed by atoms with van der Waals surface area (Å²) in [6.07, 6.45) is 4.78. The Morgan fingerprint density at radius 1 is 0.457 bits per heavy atom. The molecular formula is C38H80N4O4. The van der Waals surface area contributed by atoms with Gasteiger partial charge in [0.05, 0.1) is 51.8 Å². The second-order valence-corrected chi connectivity index (χ2v) is 16.4. The summed E-state index contributed by atoms with van der Waals surface area (Å²) in [5.74, 6) is 2.45. The Morgan fingerprint density at radius 2 is 0.739 bits per heavy atom. The zero-order chi connectivity index (χ0) is 34.8. The number of ether oxygens (including phenoxy) is 4. The average molecular weight is 657 g/mol. The molecule has 276 valence electrons. The van der Waals surface area contributed by atoms with Crippen LogP contribution in [0.15, 0.2) is 0 Å². The highest BCUT2D eigenvalue weighted by molar-refractivity contribution is 4.77. The fourth-order valence-electron chi connectivity index (χ4n) is 6.66. The summed E-state index contributed by atoms with van der Waals surface area (Å²) in [5.41, 5.74) is 0. The van der Waals surface area contributed by atoms with Gasteiger partial charge < -0.3 is 18.9 Å². The van der Waals surface area contributed by atoms with Gasteiger partial charge in [0.15, 0.2) is 0 Å².